The largest absolute Gasteiger partial charge is 0.497 e. The molecule has 2 amide bonds. The maximum Gasteiger partial charge on any atom is 0.251 e. The Balaban J connectivity index is 0.000000139. The van der Waals surface area contributed by atoms with Crippen molar-refractivity contribution in [2.75, 3.05) is 128 Å². The van der Waals surface area contributed by atoms with E-state index in [9.17, 15) is 14.0 Å². The van der Waals surface area contributed by atoms with Gasteiger partial charge < -0.3 is 68.7 Å². The molecule has 0 radical (unpaired) electrons. The Kier molecular flexibility index (Phi) is 31.4. The zero-order valence-electron chi connectivity index (χ0n) is 80.2. The van der Waals surface area contributed by atoms with Crippen LogP contribution in [0.4, 0.5) is 49.9 Å². The van der Waals surface area contributed by atoms with E-state index in [2.05, 4.69) is 128 Å². The topological polar surface area (TPSA) is 325 Å². The van der Waals surface area contributed by atoms with Crippen LogP contribution in [0.2, 0.25) is 0 Å². The zero-order chi connectivity index (χ0) is 96.3. The third-order valence-corrected chi connectivity index (χ3v) is 23.2. The molecule has 16 aromatic rings. The number of fused-ring (bicyclic) bond motifs is 4. The minimum atomic E-state index is -0.347. The summed E-state index contributed by atoms with van der Waals surface area (Å²) in [6, 6.07) is 46.2. The average Bonchev–Trinajstić information content (AvgIpc) is 1.76. The molecule has 8 aromatic carbocycles. The van der Waals surface area contributed by atoms with Gasteiger partial charge in [-0.2, -0.15) is 20.4 Å². The average molecular weight is 1850 g/mol. The molecule has 710 valence electrons. The van der Waals surface area contributed by atoms with E-state index in [-0.39, 0.29) is 36.4 Å². The number of aromatic nitrogens is 16. The molecule has 1 saturated heterocycles. The van der Waals surface area contributed by atoms with Crippen LogP contribution in [0.25, 0.3) is 89.2 Å². The number of aryl methyl sites for hydroxylation is 4. The number of ether oxygens (including phenoxy) is 7. The van der Waals surface area contributed by atoms with E-state index in [1.807, 2.05) is 168 Å². The SMILES string of the molecule is CCCNC(=O)CN(c1cc(OC)cc(OC)c1)c1ccc2ncc(-c3cnn(C)c3)nc2c1.CNC(=O)c1cc(OC)cc(N(CC2CC2)c2ccc3ncc(-c4cnn(C)c4)nc3c2)c1.COc1cc(F)cc(N(CCNC(C)C)c2ccc3ncc(-c4cnn(C)c4)nc3c2)c1.COc1cc(OC)cc(N(CCCN2C[C@@H](C)O[C@@H](C)C2)c2ccc3ncc(-c4cnn(C)c4)nc3c2)c1. The van der Waals surface area contributed by atoms with Gasteiger partial charge in [-0.25, -0.2) is 24.3 Å². The number of amides is 2. The number of carbonyl (C=O) groups excluding carboxylic acids is 2. The van der Waals surface area contributed by atoms with Gasteiger partial charge in [-0.3, -0.25) is 53.2 Å². The smallest absolute Gasteiger partial charge is 0.251 e. The number of methoxy groups -OCH3 is 6. The van der Waals surface area contributed by atoms with Gasteiger partial charge >= 0.3 is 0 Å². The molecule has 0 spiro atoms. The molecule has 137 heavy (non-hydrogen) atoms. The minimum absolute atomic E-state index is 0.0843. The Labute approximate surface area is 795 Å². The standard InChI is InChI=1S/C29H36N6O3.C25H28N6O3.C25H26N6O2.C24H27FN6O/c1-20-17-34(18-21(2)38-20)9-6-10-35(24-11-25(36-4)14-26(12-24)37-5)23-7-8-27-28(13-23)32-29(16-30-27)22-15-31-33(3)19-22;1-5-8-26-25(32)16-31(19-9-20(33-3)12-21(10-19)34-4)18-6-7-22-23(11-18)29-24(14-27-22)17-13-28-30(2)15-17;1-26-25(32)17-8-20(10-21(9-17)33-3)31(14-16-4-5-16)19-6-7-22-23(11-19)29-24(13-27-22)18-12-28-30(2)15-18;1-16(2)26-7-8-31(20-9-18(25)10-21(11-20)32-4)19-5-6-22-23(12-19)29-24(14-27-22)17-13-28-30(3)15-17/h7-8,11-16,19-21H,6,9-10,17-18H2,1-5H3;6-7,9-15H,5,8,16H2,1-4H3,(H,26,32);6-13,15-16H,4-5,14H2,1-3H3,(H,26,32);5-6,9-16,26H,7-8H2,1-4H3/t20-,21+;;;. The Bertz CT molecular complexity index is 6810. The molecule has 1 aliphatic heterocycles. The zero-order valence-corrected chi connectivity index (χ0v) is 80.2. The van der Waals surface area contributed by atoms with E-state index in [0.29, 0.717) is 64.8 Å². The highest BCUT2D eigenvalue weighted by Crippen LogP contribution is 2.41. The highest BCUT2D eigenvalue weighted by atomic mass is 19.1. The van der Waals surface area contributed by atoms with Crippen LogP contribution in [0.15, 0.2) is 220 Å². The number of benzene rings is 8. The van der Waals surface area contributed by atoms with Gasteiger partial charge in [0.2, 0.25) is 5.91 Å². The van der Waals surface area contributed by atoms with Crippen molar-refractivity contribution < 1.29 is 47.1 Å². The van der Waals surface area contributed by atoms with Crippen LogP contribution in [0.1, 0.15) is 70.7 Å². The Morgan fingerprint density at radius 1 is 0.438 bits per heavy atom. The van der Waals surface area contributed by atoms with Crippen molar-refractivity contribution in [2.45, 2.75) is 78.6 Å². The van der Waals surface area contributed by atoms with Gasteiger partial charge in [-0.15, -0.1) is 0 Å². The van der Waals surface area contributed by atoms with E-state index < -0.39 is 0 Å². The number of nitrogens with one attached hydrogen (secondary N) is 3. The number of hydrogen-bond donors (Lipinski definition) is 3. The lowest BCUT2D eigenvalue weighted by Gasteiger charge is -2.36. The Morgan fingerprint density at radius 3 is 1.18 bits per heavy atom. The van der Waals surface area contributed by atoms with Gasteiger partial charge in [0.1, 0.15) is 46.9 Å². The second kappa shape index (κ2) is 44.7. The summed E-state index contributed by atoms with van der Waals surface area (Å²) in [6.45, 7) is 17.2. The molecule has 2 fully saturated rings. The number of halogens is 1. The molecule has 1 saturated carbocycles. The molecule has 2 atom stereocenters. The molecule has 3 N–H and O–H groups in total. The van der Waals surface area contributed by atoms with Crippen molar-refractivity contribution in [3.8, 4) is 79.5 Å². The number of rotatable bonds is 33. The molecule has 0 bridgehead atoms. The summed E-state index contributed by atoms with van der Waals surface area (Å²) in [5.74, 6) is 3.93. The second-order valence-electron chi connectivity index (χ2n) is 34.1. The van der Waals surface area contributed by atoms with Crippen LogP contribution >= 0.6 is 0 Å². The van der Waals surface area contributed by atoms with E-state index >= 15 is 0 Å². The van der Waals surface area contributed by atoms with Gasteiger partial charge in [0.15, 0.2) is 0 Å². The molecule has 1 aliphatic carbocycles. The van der Waals surface area contributed by atoms with Gasteiger partial charge in [-0.05, 0) is 136 Å². The molecule has 0 unspecified atom stereocenters. The maximum atomic E-state index is 14.3. The molecule has 33 nitrogen and oxygen atoms in total. The lowest BCUT2D eigenvalue weighted by molar-refractivity contribution is -0.119. The molecular formula is C103H117FN24O9. The summed E-state index contributed by atoms with van der Waals surface area (Å²) in [7, 11) is 18.8. The first kappa shape index (κ1) is 96.3. The minimum Gasteiger partial charge on any atom is -0.497 e. The van der Waals surface area contributed by atoms with Gasteiger partial charge in [-0.1, -0.05) is 20.8 Å². The van der Waals surface area contributed by atoms with E-state index in [1.54, 1.807) is 117 Å². The van der Waals surface area contributed by atoms with Crippen molar-refractivity contribution >= 4 is 101 Å². The summed E-state index contributed by atoms with van der Waals surface area (Å²) in [4.78, 5) is 73.8. The predicted octanol–water partition coefficient (Wildman–Crippen LogP) is 16.7. The lowest BCUT2D eigenvalue weighted by atomic mass is 10.1. The summed E-state index contributed by atoms with van der Waals surface area (Å²) in [6.07, 6.45) is 26.6. The second-order valence-corrected chi connectivity index (χ2v) is 34.1. The number of anilines is 8. The van der Waals surface area contributed by atoms with Gasteiger partial charge in [0.05, 0.1) is 171 Å². The third kappa shape index (κ3) is 24.8. The lowest BCUT2D eigenvalue weighted by Crippen LogP contribution is -2.46. The fourth-order valence-corrected chi connectivity index (χ4v) is 16.2. The molecule has 8 aromatic heterocycles. The van der Waals surface area contributed by atoms with Crippen molar-refractivity contribution in [2.24, 2.45) is 34.1 Å². The van der Waals surface area contributed by atoms with E-state index in [0.717, 1.165) is 187 Å². The summed E-state index contributed by atoms with van der Waals surface area (Å²) in [5.41, 5.74) is 20.7. The highest BCUT2D eigenvalue weighted by Gasteiger charge is 2.29. The Hall–Kier alpha value is -15.3. The number of hydrogen-bond acceptors (Lipinski definition) is 27. The highest BCUT2D eigenvalue weighted by molar-refractivity contribution is 5.96. The van der Waals surface area contributed by atoms with Crippen LogP contribution in [-0.4, -0.2) is 223 Å². The number of nitrogens with zero attached hydrogens (tertiary/aromatic N) is 21. The fraction of sp³-hybridized carbons (Fsp3) is 0.320. The van der Waals surface area contributed by atoms with E-state index in [4.69, 9.17) is 53.1 Å². The summed E-state index contributed by atoms with van der Waals surface area (Å²) >= 11 is 0. The molecule has 2 aliphatic rings. The monoisotopic (exact) mass is 1850 g/mol. The third-order valence-electron chi connectivity index (χ3n) is 23.2. The number of morpholine rings is 1. The van der Waals surface area contributed by atoms with Crippen molar-refractivity contribution in [3.05, 3.63) is 231 Å². The summed E-state index contributed by atoms with van der Waals surface area (Å²) < 4.78 is 60.0. The van der Waals surface area contributed by atoms with Crippen LogP contribution in [-0.2, 0) is 37.7 Å². The van der Waals surface area contributed by atoms with Crippen molar-refractivity contribution in [1.82, 2.24) is 99.8 Å². The van der Waals surface area contributed by atoms with Crippen LogP contribution in [0.5, 0.6) is 34.5 Å². The first-order valence-corrected chi connectivity index (χ1v) is 45.6. The van der Waals surface area contributed by atoms with Crippen LogP contribution < -0.4 is 64.0 Å². The predicted molar refractivity (Wildman–Crippen MR) is 534 cm³/mol. The van der Waals surface area contributed by atoms with Gasteiger partial charge in [0, 0.05) is 246 Å². The molecular weight excluding hydrogens is 1740 g/mol. The maximum absolute atomic E-state index is 14.3. The molecule has 9 heterocycles. The first-order chi connectivity index (χ1) is 66.4. The normalized spacial score (nSPS) is 13.5. The van der Waals surface area contributed by atoms with E-state index in [1.165, 1.54) is 32.1 Å². The first-order valence-electron chi connectivity index (χ1n) is 45.6. The molecule has 18 rings (SSSR count). The quantitative estimate of drug-likeness (QED) is 0.0344. The fourth-order valence-electron chi connectivity index (χ4n) is 16.2. The number of carbonyl (C=O) groups is 2. The van der Waals surface area contributed by atoms with Crippen LogP contribution in [0.3, 0.4) is 0 Å². The Morgan fingerprint density at radius 2 is 0.803 bits per heavy atom. The summed E-state index contributed by atoms with van der Waals surface area (Å²) in [5, 5.41) is 26.0. The van der Waals surface area contributed by atoms with Crippen molar-refractivity contribution in [1.29, 1.82) is 0 Å². The van der Waals surface area contributed by atoms with Crippen molar-refractivity contribution in [3.63, 3.8) is 0 Å². The molecule has 34 heteroatoms. The van der Waals surface area contributed by atoms with Crippen LogP contribution in [0, 0.1) is 11.7 Å². The van der Waals surface area contributed by atoms with Gasteiger partial charge in [0.25, 0.3) is 5.91 Å².